The summed E-state index contributed by atoms with van der Waals surface area (Å²) in [6.45, 7) is 6.55. The van der Waals surface area contributed by atoms with Gasteiger partial charge < -0.3 is 10.6 Å². The maximum Gasteiger partial charge on any atom is 0.190 e. The van der Waals surface area contributed by atoms with Crippen LogP contribution in [0.5, 0.6) is 0 Å². The molecule has 1 aromatic carbocycles. The molecule has 2 N–H and O–H groups in total. The second-order valence-electron chi connectivity index (χ2n) is 5.81. The monoisotopic (exact) mass is 459 g/mol. The third kappa shape index (κ3) is 7.41. The van der Waals surface area contributed by atoms with Crippen molar-refractivity contribution in [1.82, 2.24) is 20.4 Å². The normalized spacial score (nSPS) is 11.1. The molecule has 0 radical (unpaired) electrons. The van der Waals surface area contributed by atoms with Crippen molar-refractivity contribution in [3.63, 3.8) is 0 Å². The molecule has 0 amide bonds. The predicted molar refractivity (Wildman–Crippen MR) is 111 cm³/mol. The van der Waals surface area contributed by atoms with Gasteiger partial charge in [0.15, 0.2) is 5.96 Å². The first-order chi connectivity index (χ1) is 11.6. The van der Waals surface area contributed by atoms with Gasteiger partial charge in [-0.2, -0.15) is 5.10 Å². The molecule has 0 aliphatic carbocycles. The quantitative estimate of drug-likeness (QED) is 0.290. The van der Waals surface area contributed by atoms with E-state index in [9.17, 15) is 4.39 Å². The highest BCUT2D eigenvalue weighted by Crippen LogP contribution is 2.03. The van der Waals surface area contributed by atoms with Crippen molar-refractivity contribution in [2.45, 2.75) is 33.2 Å². The van der Waals surface area contributed by atoms with Crippen LogP contribution in [0.2, 0.25) is 0 Å². The molecule has 1 aromatic heterocycles. The molecule has 5 nitrogen and oxygen atoms in total. The van der Waals surface area contributed by atoms with Gasteiger partial charge in [-0.1, -0.05) is 12.1 Å². The van der Waals surface area contributed by atoms with E-state index in [0.717, 1.165) is 49.7 Å². The SMILES string of the molecule is CN=C(NCCCn1nc(C)cc1C)NCCc1ccc(F)cc1.I. The summed E-state index contributed by atoms with van der Waals surface area (Å²) < 4.78 is 14.9. The number of hydrogen-bond acceptors (Lipinski definition) is 2. The zero-order chi connectivity index (χ0) is 17.4. The van der Waals surface area contributed by atoms with Crippen LogP contribution in [-0.4, -0.2) is 35.9 Å². The first-order valence-electron chi connectivity index (χ1n) is 8.28. The smallest absolute Gasteiger partial charge is 0.190 e. The Kier molecular flexibility index (Phi) is 9.48. The number of rotatable bonds is 7. The minimum atomic E-state index is -0.202. The number of hydrogen-bond donors (Lipinski definition) is 2. The molecule has 0 fully saturated rings. The second-order valence-corrected chi connectivity index (χ2v) is 5.81. The average molecular weight is 459 g/mol. The van der Waals surface area contributed by atoms with Gasteiger partial charge in [-0.25, -0.2) is 4.39 Å². The average Bonchev–Trinajstić information content (AvgIpc) is 2.89. The molecule has 0 aliphatic heterocycles. The van der Waals surface area contributed by atoms with Crippen LogP contribution in [0.4, 0.5) is 4.39 Å². The van der Waals surface area contributed by atoms with Gasteiger partial charge in [0, 0.05) is 32.4 Å². The fourth-order valence-electron chi connectivity index (χ4n) is 2.53. The Labute approximate surface area is 166 Å². The number of aryl methyl sites for hydroxylation is 3. The van der Waals surface area contributed by atoms with E-state index in [4.69, 9.17) is 0 Å². The van der Waals surface area contributed by atoms with E-state index in [2.05, 4.69) is 33.7 Å². The number of guanidine groups is 1. The molecule has 0 aliphatic rings. The van der Waals surface area contributed by atoms with E-state index in [1.54, 1.807) is 7.05 Å². The van der Waals surface area contributed by atoms with E-state index in [1.165, 1.54) is 17.8 Å². The summed E-state index contributed by atoms with van der Waals surface area (Å²) in [7, 11) is 1.76. The van der Waals surface area contributed by atoms with Gasteiger partial charge in [0.1, 0.15) is 5.82 Å². The number of nitrogens with zero attached hydrogens (tertiary/aromatic N) is 3. The van der Waals surface area contributed by atoms with Crippen molar-refractivity contribution in [3.05, 3.63) is 53.1 Å². The van der Waals surface area contributed by atoms with Gasteiger partial charge in [-0.3, -0.25) is 9.67 Å². The summed E-state index contributed by atoms with van der Waals surface area (Å²) in [5.41, 5.74) is 3.34. The Morgan fingerprint density at radius 3 is 2.44 bits per heavy atom. The summed E-state index contributed by atoms with van der Waals surface area (Å²) in [5.74, 6) is 0.581. The highest BCUT2D eigenvalue weighted by atomic mass is 127. The van der Waals surface area contributed by atoms with Gasteiger partial charge in [0.2, 0.25) is 0 Å². The van der Waals surface area contributed by atoms with E-state index < -0.39 is 0 Å². The van der Waals surface area contributed by atoms with Crippen LogP contribution in [0.15, 0.2) is 35.3 Å². The topological polar surface area (TPSA) is 54.2 Å². The Hall–Kier alpha value is -1.64. The van der Waals surface area contributed by atoms with Crippen LogP contribution in [0.1, 0.15) is 23.4 Å². The minimum Gasteiger partial charge on any atom is -0.356 e. The lowest BCUT2D eigenvalue weighted by atomic mass is 10.1. The largest absolute Gasteiger partial charge is 0.356 e. The molecule has 2 aromatic rings. The first-order valence-corrected chi connectivity index (χ1v) is 8.28. The summed E-state index contributed by atoms with van der Waals surface area (Å²) in [5, 5.41) is 11.0. The van der Waals surface area contributed by atoms with Gasteiger partial charge in [0.05, 0.1) is 5.69 Å². The van der Waals surface area contributed by atoms with E-state index >= 15 is 0 Å². The molecule has 7 heteroatoms. The number of halogens is 2. The Balaban J connectivity index is 0.00000312. The van der Waals surface area contributed by atoms with Gasteiger partial charge >= 0.3 is 0 Å². The van der Waals surface area contributed by atoms with Crippen LogP contribution in [-0.2, 0) is 13.0 Å². The molecule has 138 valence electrons. The zero-order valence-electron chi connectivity index (χ0n) is 15.1. The van der Waals surface area contributed by atoms with Crippen molar-refractivity contribution in [2.75, 3.05) is 20.1 Å². The number of aromatic nitrogens is 2. The summed E-state index contributed by atoms with van der Waals surface area (Å²) >= 11 is 0. The van der Waals surface area contributed by atoms with E-state index in [-0.39, 0.29) is 29.8 Å². The van der Waals surface area contributed by atoms with Crippen molar-refractivity contribution < 1.29 is 4.39 Å². The molecule has 0 atom stereocenters. The summed E-state index contributed by atoms with van der Waals surface area (Å²) in [4.78, 5) is 4.21. The maximum atomic E-state index is 12.9. The van der Waals surface area contributed by atoms with E-state index in [1.807, 2.05) is 23.7 Å². The van der Waals surface area contributed by atoms with Crippen molar-refractivity contribution in [2.24, 2.45) is 4.99 Å². The maximum absolute atomic E-state index is 12.9. The molecule has 0 bridgehead atoms. The lowest BCUT2D eigenvalue weighted by molar-refractivity contribution is 0.555. The standard InChI is InChI=1S/C18H26FN5.HI/c1-14-13-15(2)24(23-14)12-4-10-21-18(20-3)22-11-9-16-5-7-17(19)8-6-16;/h5-8,13H,4,9-12H2,1-3H3,(H2,20,21,22);1H. The second kappa shape index (κ2) is 11.1. The van der Waals surface area contributed by atoms with Crippen molar-refractivity contribution in [3.8, 4) is 0 Å². The Morgan fingerprint density at radius 1 is 1.16 bits per heavy atom. The number of benzene rings is 1. The number of aliphatic imine (C=N–C) groups is 1. The summed E-state index contributed by atoms with van der Waals surface area (Å²) in [6, 6.07) is 8.68. The van der Waals surface area contributed by atoms with Crippen LogP contribution in [0, 0.1) is 19.7 Å². The Bertz CT molecular complexity index is 667. The minimum absolute atomic E-state index is 0. The zero-order valence-corrected chi connectivity index (χ0v) is 17.4. The van der Waals surface area contributed by atoms with Gasteiger partial charge in [-0.15, -0.1) is 24.0 Å². The number of nitrogens with one attached hydrogen (secondary N) is 2. The first kappa shape index (κ1) is 21.4. The fraction of sp³-hybridized carbons (Fsp3) is 0.444. The third-order valence-electron chi connectivity index (χ3n) is 3.79. The molecule has 1 heterocycles. The van der Waals surface area contributed by atoms with Crippen molar-refractivity contribution >= 4 is 29.9 Å². The van der Waals surface area contributed by atoms with Crippen molar-refractivity contribution in [1.29, 1.82) is 0 Å². The van der Waals surface area contributed by atoms with E-state index in [0.29, 0.717) is 0 Å². The molecular formula is C18H27FIN5. The highest BCUT2D eigenvalue weighted by molar-refractivity contribution is 14.0. The third-order valence-corrected chi connectivity index (χ3v) is 3.79. The molecule has 0 spiro atoms. The Morgan fingerprint density at radius 2 is 1.84 bits per heavy atom. The van der Waals surface area contributed by atoms with Gasteiger partial charge in [-0.05, 0) is 50.5 Å². The van der Waals surface area contributed by atoms with Gasteiger partial charge in [0.25, 0.3) is 0 Å². The molecule has 0 saturated carbocycles. The molecular weight excluding hydrogens is 432 g/mol. The molecule has 25 heavy (non-hydrogen) atoms. The molecule has 0 unspecified atom stereocenters. The highest BCUT2D eigenvalue weighted by Gasteiger charge is 2.01. The van der Waals surface area contributed by atoms with Crippen LogP contribution in [0.25, 0.3) is 0 Å². The fourth-order valence-corrected chi connectivity index (χ4v) is 2.53. The lowest BCUT2D eigenvalue weighted by Crippen LogP contribution is -2.39. The van der Waals surface area contributed by atoms with Crippen LogP contribution < -0.4 is 10.6 Å². The lowest BCUT2D eigenvalue weighted by Gasteiger charge is -2.12. The predicted octanol–water partition coefficient (Wildman–Crippen LogP) is 3.05. The van der Waals surface area contributed by atoms with Crippen LogP contribution in [0.3, 0.4) is 0 Å². The summed E-state index contributed by atoms with van der Waals surface area (Å²) in [6.07, 6.45) is 1.80. The van der Waals surface area contributed by atoms with Crippen LogP contribution >= 0.6 is 24.0 Å². The molecule has 2 rings (SSSR count). The molecule has 0 saturated heterocycles.